The third-order valence-electron chi connectivity index (χ3n) is 3.57. The molecule has 3 rings (SSSR count). The summed E-state index contributed by atoms with van der Waals surface area (Å²) in [6.45, 7) is 5.39. The SMILES string of the molecule is CC(C)n1ncc2cc(CNCC(O)c3ccsc3)cnc21. The Morgan fingerprint density at radius 3 is 2.95 bits per heavy atom. The number of hydrogen-bond acceptors (Lipinski definition) is 5. The van der Waals surface area contributed by atoms with Crippen molar-refractivity contribution in [2.24, 2.45) is 0 Å². The minimum Gasteiger partial charge on any atom is -0.387 e. The topological polar surface area (TPSA) is 63.0 Å². The Balaban J connectivity index is 1.62. The fourth-order valence-electron chi connectivity index (χ4n) is 2.40. The molecule has 1 atom stereocenters. The van der Waals surface area contributed by atoms with Gasteiger partial charge in [-0.05, 0) is 47.9 Å². The molecule has 0 aliphatic heterocycles. The Labute approximate surface area is 133 Å². The third-order valence-corrected chi connectivity index (χ3v) is 4.28. The van der Waals surface area contributed by atoms with Gasteiger partial charge < -0.3 is 10.4 Å². The van der Waals surface area contributed by atoms with Crippen LogP contribution in [0.5, 0.6) is 0 Å². The van der Waals surface area contributed by atoms with Gasteiger partial charge in [-0.1, -0.05) is 0 Å². The minimum atomic E-state index is -0.466. The molecule has 0 bridgehead atoms. The highest BCUT2D eigenvalue weighted by Crippen LogP contribution is 2.17. The van der Waals surface area contributed by atoms with E-state index in [0.717, 1.165) is 22.2 Å². The first-order valence-corrected chi connectivity index (χ1v) is 8.32. The fourth-order valence-corrected chi connectivity index (χ4v) is 3.10. The highest BCUT2D eigenvalue weighted by molar-refractivity contribution is 7.07. The van der Waals surface area contributed by atoms with E-state index < -0.39 is 6.10 Å². The van der Waals surface area contributed by atoms with Crippen LogP contribution >= 0.6 is 11.3 Å². The van der Waals surface area contributed by atoms with Crippen LogP contribution in [0, 0.1) is 0 Å². The number of nitrogens with zero attached hydrogens (tertiary/aromatic N) is 3. The zero-order chi connectivity index (χ0) is 15.5. The standard InChI is InChI=1S/C16H20N4OS/c1-11(2)20-16-14(8-19-20)5-12(7-18-16)6-17-9-15(21)13-3-4-22-10-13/h3-5,7-8,10-11,15,17,21H,6,9H2,1-2H3. The largest absolute Gasteiger partial charge is 0.387 e. The second-order valence-electron chi connectivity index (χ2n) is 5.64. The van der Waals surface area contributed by atoms with Gasteiger partial charge in [0.1, 0.15) is 0 Å². The Hall–Kier alpha value is -1.76. The number of nitrogens with one attached hydrogen (secondary N) is 1. The second kappa shape index (κ2) is 6.56. The highest BCUT2D eigenvalue weighted by Gasteiger charge is 2.09. The number of aliphatic hydroxyl groups is 1. The van der Waals surface area contributed by atoms with Gasteiger partial charge in [0.25, 0.3) is 0 Å². The molecule has 0 aliphatic rings. The number of thiophene rings is 1. The molecule has 3 aromatic rings. The van der Waals surface area contributed by atoms with Gasteiger partial charge in [-0.15, -0.1) is 0 Å². The average molecular weight is 316 g/mol. The molecule has 0 spiro atoms. The Kier molecular flexibility index (Phi) is 4.52. The van der Waals surface area contributed by atoms with Gasteiger partial charge in [0.15, 0.2) is 5.65 Å². The quantitative estimate of drug-likeness (QED) is 0.734. The molecule has 5 nitrogen and oxygen atoms in total. The van der Waals surface area contributed by atoms with E-state index in [1.165, 1.54) is 0 Å². The third kappa shape index (κ3) is 3.19. The predicted molar refractivity (Wildman–Crippen MR) is 88.9 cm³/mol. The Morgan fingerprint density at radius 1 is 1.36 bits per heavy atom. The number of aliphatic hydroxyl groups excluding tert-OH is 1. The van der Waals surface area contributed by atoms with Crippen molar-refractivity contribution < 1.29 is 5.11 Å². The summed E-state index contributed by atoms with van der Waals surface area (Å²) in [5.41, 5.74) is 2.97. The van der Waals surface area contributed by atoms with Crippen LogP contribution in [0.2, 0.25) is 0 Å². The molecule has 3 heterocycles. The molecule has 0 aliphatic carbocycles. The molecule has 0 radical (unpaired) electrons. The van der Waals surface area contributed by atoms with Gasteiger partial charge in [0, 0.05) is 30.7 Å². The van der Waals surface area contributed by atoms with Crippen LogP contribution < -0.4 is 5.32 Å². The summed E-state index contributed by atoms with van der Waals surface area (Å²) >= 11 is 1.60. The zero-order valence-corrected chi connectivity index (χ0v) is 13.5. The van der Waals surface area contributed by atoms with E-state index in [1.807, 2.05) is 33.9 Å². The molecule has 6 heteroatoms. The Morgan fingerprint density at radius 2 is 2.23 bits per heavy atom. The molecule has 0 saturated carbocycles. The summed E-state index contributed by atoms with van der Waals surface area (Å²) in [4.78, 5) is 4.51. The summed E-state index contributed by atoms with van der Waals surface area (Å²) in [5, 5.41) is 22.7. The van der Waals surface area contributed by atoms with Crippen molar-refractivity contribution in [1.82, 2.24) is 20.1 Å². The molecular weight excluding hydrogens is 296 g/mol. The number of hydrogen-bond donors (Lipinski definition) is 2. The second-order valence-corrected chi connectivity index (χ2v) is 6.42. The average Bonchev–Trinajstić information content (AvgIpc) is 3.16. The van der Waals surface area contributed by atoms with Gasteiger partial charge in [0.05, 0.1) is 12.3 Å². The Bertz CT molecular complexity index is 736. The summed E-state index contributed by atoms with van der Waals surface area (Å²) < 4.78 is 1.92. The van der Waals surface area contributed by atoms with E-state index in [4.69, 9.17) is 0 Å². The van der Waals surface area contributed by atoms with E-state index in [2.05, 4.69) is 35.3 Å². The van der Waals surface area contributed by atoms with E-state index >= 15 is 0 Å². The van der Waals surface area contributed by atoms with Crippen LogP contribution in [-0.4, -0.2) is 26.4 Å². The van der Waals surface area contributed by atoms with Crippen molar-refractivity contribution in [2.45, 2.75) is 32.5 Å². The fraction of sp³-hybridized carbons (Fsp3) is 0.375. The lowest BCUT2D eigenvalue weighted by atomic mass is 10.2. The maximum atomic E-state index is 10.0. The van der Waals surface area contributed by atoms with Gasteiger partial charge in [-0.25, -0.2) is 9.67 Å². The molecule has 0 saturated heterocycles. The van der Waals surface area contributed by atoms with Crippen LogP contribution in [0.4, 0.5) is 0 Å². The number of fused-ring (bicyclic) bond motifs is 1. The lowest BCUT2D eigenvalue weighted by Gasteiger charge is -2.10. The lowest BCUT2D eigenvalue weighted by Crippen LogP contribution is -2.20. The van der Waals surface area contributed by atoms with Crippen LogP contribution in [0.15, 0.2) is 35.3 Å². The minimum absolute atomic E-state index is 0.301. The first-order chi connectivity index (χ1) is 10.6. The van der Waals surface area contributed by atoms with Crippen molar-refractivity contribution >= 4 is 22.4 Å². The van der Waals surface area contributed by atoms with Crippen molar-refractivity contribution in [3.05, 3.63) is 46.4 Å². The zero-order valence-electron chi connectivity index (χ0n) is 12.7. The van der Waals surface area contributed by atoms with Crippen molar-refractivity contribution in [1.29, 1.82) is 0 Å². The normalized spacial score (nSPS) is 13.1. The van der Waals surface area contributed by atoms with E-state index in [1.54, 1.807) is 11.3 Å². The summed E-state index contributed by atoms with van der Waals surface area (Å²) in [6.07, 6.45) is 3.26. The number of pyridine rings is 1. The van der Waals surface area contributed by atoms with E-state index in [9.17, 15) is 5.11 Å². The van der Waals surface area contributed by atoms with Crippen molar-refractivity contribution in [3.8, 4) is 0 Å². The first-order valence-electron chi connectivity index (χ1n) is 7.38. The molecule has 3 aromatic heterocycles. The molecule has 116 valence electrons. The van der Waals surface area contributed by atoms with Crippen molar-refractivity contribution in [3.63, 3.8) is 0 Å². The van der Waals surface area contributed by atoms with Crippen LogP contribution in [0.1, 0.15) is 37.1 Å². The summed E-state index contributed by atoms with van der Waals surface area (Å²) in [7, 11) is 0. The predicted octanol–water partition coefficient (Wildman–Crippen LogP) is 2.90. The molecule has 0 fully saturated rings. The smallest absolute Gasteiger partial charge is 0.157 e. The molecule has 1 unspecified atom stereocenters. The van der Waals surface area contributed by atoms with Crippen molar-refractivity contribution in [2.75, 3.05) is 6.54 Å². The number of rotatable bonds is 6. The lowest BCUT2D eigenvalue weighted by molar-refractivity contribution is 0.175. The monoisotopic (exact) mass is 316 g/mol. The van der Waals surface area contributed by atoms with Gasteiger partial charge in [0.2, 0.25) is 0 Å². The van der Waals surface area contributed by atoms with Gasteiger partial charge in [-0.3, -0.25) is 0 Å². The highest BCUT2D eigenvalue weighted by atomic mass is 32.1. The first kappa shape index (κ1) is 15.1. The van der Waals surface area contributed by atoms with Crippen LogP contribution in [0.3, 0.4) is 0 Å². The molecular formula is C16H20N4OS. The maximum Gasteiger partial charge on any atom is 0.157 e. The summed E-state index contributed by atoms with van der Waals surface area (Å²) in [5.74, 6) is 0. The maximum absolute atomic E-state index is 10.0. The van der Waals surface area contributed by atoms with Crippen LogP contribution in [0.25, 0.3) is 11.0 Å². The number of aromatic nitrogens is 3. The molecule has 0 amide bonds. The van der Waals surface area contributed by atoms with E-state index in [-0.39, 0.29) is 0 Å². The summed E-state index contributed by atoms with van der Waals surface area (Å²) in [6, 6.07) is 4.35. The van der Waals surface area contributed by atoms with Crippen LogP contribution in [-0.2, 0) is 6.54 Å². The molecule has 0 aromatic carbocycles. The van der Waals surface area contributed by atoms with Gasteiger partial charge >= 0.3 is 0 Å². The van der Waals surface area contributed by atoms with Gasteiger partial charge in [-0.2, -0.15) is 16.4 Å². The van der Waals surface area contributed by atoms with E-state index in [0.29, 0.717) is 19.1 Å². The molecule has 22 heavy (non-hydrogen) atoms. The molecule has 2 N–H and O–H groups in total.